The molecule has 5 rings (SSSR count). The fourth-order valence-corrected chi connectivity index (χ4v) is 10.4. The van der Waals surface area contributed by atoms with Crippen molar-refractivity contribution >= 4 is 17.7 Å². The monoisotopic (exact) mass is 818 g/mol. The number of aliphatic hydroxyl groups excluding tert-OH is 3. The van der Waals surface area contributed by atoms with E-state index in [9.17, 15) is 39.9 Å². The van der Waals surface area contributed by atoms with Crippen LogP contribution in [0.5, 0.6) is 5.75 Å². The van der Waals surface area contributed by atoms with E-state index in [1.807, 2.05) is 41.5 Å². The number of carboxylic acids is 1. The third-order valence-electron chi connectivity index (χ3n) is 13.7. The van der Waals surface area contributed by atoms with E-state index in [0.717, 1.165) is 0 Å². The van der Waals surface area contributed by atoms with Crippen molar-refractivity contribution in [2.45, 2.75) is 161 Å². The lowest BCUT2D eigenvalue weighted by atomic mass is 9.74. The molecule has 0 amide bonds. The van der Waals surface area contributed by atoms with Crippen molar-refractivity contribution in [2.75, 3.05) is 13.7 Å². The highest BCUT2D eigenvalue weighted by Gasteiger charge is 2.70. The van der Waals surface area contributed by atoms with E-state index in [2.05, 4.69) is 0 Å². The fourth-order valence-electron chi connectivity index (χ4n) is 10.4. The fraction of sp³-hybridized carbons (Fsp3) is 0.750. The molecule has 3 fully saturated rings. The number of esters is 1. The summed E-state index contributed by atoms with van der Waals surface area (Å²) >= 11 is 0. The Kier molecular flexibility index (Phi) is 14.0. The topological polar surface area (TPSA) is 208 Å². The normalized spacial score (nSPS) is 38.7. The maximum atomic E-state index is 14.3. The van der Waals surface area contributed by atoms with Crippen LogP contribution in [-0.2, 0) is 44.4 Å². The van der Waals surface area contributed by atoms with Crippen LogP contribution in [-0.4, -0.2) is 117 Å². The van der Waals surface area contributed by atoms with Crippen molar-refractivity contribution in [1.29, 1.82) is 0 Å². The molecule has 0 saturated carbocycles. The first kappa shape index (κ1) is 46.1. The summed E-state index contributed by atoms with van der Waals surface area (Å²) in [6, 6.07) is 3.44. The number of rotatable bonds is 14. The zero-order valence-corrected chi connectivity index (χ0v) is 35.8. The first-order valence-electron chi connectivity index (χ1n) is 20.9. The summed E-state index contributed by atoms with van der Waals surface area (Å²) in [6.45, 7) is 18.3. The summed E-state index contributed by atoms with van der Waals surface area (Å²) in [4.78, 5) is 39.0. The molecule has 0 aliphatic carbocycles. The van der Waals surface area contributed by atoms with Crippen molar-refractivity contribution in [2.24, 2.45) is 35.5 Å². The average molecular weight is 819 g/mol. The minimum Gasteiger partial charge on any atom is -0.507 e. The van der Waals surface area contributed by atoms with Crippen LogP contribution in [0.15, 0.2) is 24.3 Å². The van der Waals surface area contributed by atoms with Crippen LogP contribution in [0.3, 0.4) is 0 Å². The second kappa shape index (κ2) is 17.6. The third-order valence-corrected chi connectivity index (χ3v) is 13.7. The Morgan fingerprint density at radius 1 is 1.02 bits per heavy atom. The smallest absolute Gasteiger partial charge is 0.339 e. The second-order valence-electron chi connectivity index (χ2n) is 17.7. The number of aryl methyl sites for hydroxylation is 1. The summed E-state index contributed by atoms with van der Waals surface area (Å²) in [5.41, 5.74) is -0.434. The number of aliphatic hydroxyl groups is 3. The van der Waals surface area contributed by atoms with Crippen molar-refractivity contribution in [3.05, 3.63) is 41.0 Å². The van der Waals surface area contributed by atoms with Gasteiger partial charge in [0.2, 0.25) is 5.79 Å². The molecule has 1 aromatic rings. The highest BCUT2D eigenvalue weighted by Crippen LogP contribution is 2.56. The van der Waals surface area contributed by atoms with Gasteiger partial charge in [-0.3, -0.25) is 4.79 Å². The molecule has 58 heavy (non-hydrogen) atoms. The highest BCUT2D eigenvalue weighted by atomic mass is 16.8. The summed E-state index contributed by atoms with van der Waals surface area (Å²) in [7, 11) is 1.51. The molecule has 326 valence electrons. The van der Waals surface area contributed by atoms with Gasteiger partial charge in [0.1, 0.15) is 28.8 Å². The largest absolute Gasteiger partial charge is 0.507 e. The average Bonchev–Trinajstić information content (AvgIpc) is 3.67. The van der Waals surface area contributed by atoms with Crippen LogP contribution >= 0.6 is 0 Å². The van der Waals surface area contributed by atoms with Gasteiger partial charge in [-0.25, -0.2) is 9.59 Å². The van der Waals surface area contributed by atoms with Gasteiger partial charge in [0.05, 0.1) is 37.1 Å². The molecule has 4 aliphatic rings. The number of aromatic hydroxyl groups is 1. The molecule has 2 spiro atoms. The molecule has 5 N–H and O–H groups in total. The van der Waals surface area contributed by atoms with Crippen molar-refractivity contribution in [3.8, 4) is 5.75 Å². The standard InChI is InChI=1S/C44H66O14/c1-12-28-14-15-29(33(36(28)49)40(50)51)21(3)18-22(4)34(47)25(7)35(48)26(8)37-23(5)19-24(6)43(56-37)17-16-31(46)44(58-43)27(9)39(53-11)42(10,57-44)32-20-30(45)38(55-32)41(52)54-13-2/h14-17,21-27,30-32,34,37-39,45-47,49H,12-13,18-20H2,1-11H3,(H,50,51)/t21-,22+,23-,24+,25-,26-,27?,30+,31+,32+,34-,37-,38-,39+,42+,43?,44?/m0/s1. The summed E-state index contributed by atoms with van der Waals surface area (Å²) in [5, 5.41) is 54.7. The van der Waals surface area contributed by atoms with Crippen LogP contribution < -0.4 is 0 Å². The first-order chi connectivity index (χ1) is 27.1. The molecular weight excluding hydrogens is 752 g/mol. The number of carbonyl (C=O) groups is 3. The lowest BCUT2D eigenvalue weighted by molar-refractivity contribution is -0.414. The molecule has 4 heterocycles. The van der Waals surface area contributed by atoms with Crippen molar-refractivity contribution in [3.63, 3.8) is 0 Å². The number of phenols is 1. The van der Waals surface area contributed by atoms with Gasteiger partial charge < -0.3 is 54.0 Å². The Bertz CT molecular complexity index is 1700. The lowest BCUT2D eigenvalue weighted by Crippen LogP contribution is -2.64. The van der Waals surface area contributed by atoms with E-state index < -0.39 is 95.5 Å². The number of carbonyl (C=O) groups excluding carboxylic acids is 2. The van der Waals surface area contributed by atoms with E-state index in [1.54, 1.807) is 52.0 Å². The molecule has 14 nitrogen and oxygen atoms in total. The molecule has 14 heteroatoms. The zero-order valence-electron chi connectivity index (χ0n) is 35.8. The Morgan fingerprint density at radius 3 is 2.29 bits per heavy atom. The number of hydrogen-bond acceptors (Lipinski definition) is 13. The van der Waals surface area contributed by atoms with Crippen LogP contribution in [0.4, 0.5) is 0 Å². The number of methoxy groups -OCH3 is 1. The number of ketones is 1. The van der Waals surface area contributed by atoms with Crippen LogP contribution in [0.25, 0.3) is 0 Å². The van der Waals surface area contributed by atoms with Gasteiger partial charge >= 0.3 is 11.9 Å². The summed E-state index contributed by atoms with van der Waals surface area (Å²) in [6.07, 6.45) is -2.14. The van der Waals surface area contributed by atoms with Gasteiger partial charge in [0.25, 0.3) is 0 Å². The molecule has 17 atom stereocenters. The summed E-state index contributed by atoms with van der Waals surface area (Å²) < 4.78 is 37.8. The quantitative estimate of drug-likeness (QED) is 0.125. The van der Waals surface area contributed by atoms with Crippen LogP contribution in [0.2, 0.25) is 0 Å². The van der Waals surface area contributed by atoms with E-state index in [1.165, 1.54) is 7.11 Å². The van der Waals surface area contributed by atoms with Gasteiger partial charge in [0.15, 0.2) is 11.9 Å². The van der Waals surface area contributed by atoms with E-state index in [-0.39, 0.29) is 47.9 Å². The van der Waals surface area contributed by atoms with Gasteiger partial charge in [-0.05, 0) is 74.1 Å². The molecule has 3 unspecified atom stereocenters. The molecule has 0 radical (unpaired) electrons. The predicted octanol–water partition coefficient (Wildman–Crippen LogP) is 4.91. The highest BCUT2D eigenvalue weighted by molar-refractivity contribution is 5.93. The number of aromatic carboxylic acids is 1. The van der Waals surface area contributed by atoms with Crippen molar-refractivity contribution < 1.29 is 68.3 Å². The molecule has 0 aromatic heterocycles. The Hall–Kier alpha value is -2.95. The first-order valence-corrected chi connectivity index (χ1v) is 20.9. The number of benzene rings is 1. The second-order valence-corrected chi connectivity index (χ2v) is 17.7. The maximum absolute atomic E-state index is 14.3. The van der Waals surface area contributed by atoms with Crippen LogP contribution in [0.1, 0.15) is 116 Å². The van der Waals surface area contributed by atoms with Crippen LogP contribution in [0, 0.1) is 35.5 Å². The van der Waals surface area contributed by atoms with E-state index in [0.29, 0.717) is 30.4 Å². The number of Topliss-reactive ketones (excluding diaryl/α,β-unsaturated/α-hetero) is 1. The minimum absolute atomic E-state index is 0.0480. The van der Waals surface area contributed by atoms with E-state index >= 15 is 0 Å². The Balaban J connectivity index is 1.34. The zero-order chi connectivity index (χ0) is 43.2. The minimum atomic E-state index is -1.71. The van der Waals surface area contributed by atoms with Gasteiger partial charge in [-0.1, -0.05) is 67.5 Å². The molecule has 0 bridgehead atoms. The molecule has 4 aliphatic heterocycles. The Labute approximate surface area is 342 Å². The molecule has 1 aromatic carbocycles. The number of hydrogen-bond donors (Lipinski definition) is 5. The van der Waals surface area contributed by atoms with Gasteiger partial charge in [0, 0.05) is 37.2 Å². The van der Waals surface area contributed by atoms with E-state index in [4.69, 9.17) is 28.4 Å². The number of ether oxygens (including phenoxy) is 6. The number of carboxylic acid groups (broad SMARTS) is 1. The third kappa shape index (κ3) is 8.00. The Morgan fingerprint density at radius 2 is 1.69 bits per heavy atom. The molecule has 3 saturated heterocycles. The van der Waals surface area contributed by atoms with Crippen molar-refractivity contribution in [1.82, 2.24) is 0 Å². The predicted molar refractivity (Wildman–Crippen MR) is 211 cm³/mol. The van der Waals surface area contributed by atoms with Gasteiger partial charge in [-0.15, -0.1) is 0 Å². The SMILES string of the molecule is CCOC(=O)[C@H]1O[C@@H]([C@@]2(C)OC3(OC4(C=C[C@H]3O)O[C@H]([C@@H](C)C(=O)[C@@H](C)[C@@H](O)[C@H](C)C[C@H](C)c3ccc(CC)c(O)c3C(=O)O)[C@@H](C)C[C@H]4C)C(C)[C@H]2OC)C[C@H]1O. The summed E-state index contributed by atoms with van der Waals surface area (Å²) in [5.74, 6) is -8.68. The molecular formula is C44H66O14. The lowest BCUT2D eigenvalue weighted by Gasteiger charge is -2.54. The van der Waals surface area contributed by atoms with Gasteiger partial charge in [-0.2, -0.15) is 0 Å². The maximum Gasteiger partial charge on any atom is 0.339 e.